The van der Waals surface area contributed by atoms with E-state index in [9.17, 15) is 9.59 Å². The van der Waals surface area contributed by atoms with E-state index in [0.717, 1.165) is 12.8 Å². The van der Waals surface area contributed by atoms with Gasteiger partial charge < -0.3 is 10.4 Å². The van der Waals surface area contributed by atoms with Gasteiger partial charge in [-0.25, -0.2) is 0 Å². The fraction of sp³-hybridized carbons (Fsp3) is 0.778. The normalized spacial score (nSPS) is 11.0. The second-order valence-corrected chi connectivity index (χ2v) is 5.84. The molecule has 0 aromatic carbocycles. The summed E-state index contributed by atoms with van der Waals surface area (Å²) in [6.45, 7) is 1.93. The predicted molar refractivity (Wildman–Crippen MR) is 90.9 cm³/mol. The van der Waals surface area contributed by atoms with E-state index in [-0.39, 0.29) is 12.5 Å². The lowest BCUT2D eigenvalue weighted by Gasteiger charge is -2.01. The van der Waals surface area contributed by atoms with E-state index in [0.29, 0.717) is 0 Å². The van der Waals surface area contributed by atoms with Crippen LogP contribution in [0.2, 0.25) is 0 Å². The monoisotopic (exact) mass is 311 g/mol. The lowest BCUT2D eigenvalue weighted by Crippen LogP contribution is -2.27. The Morgan fingerprint density at radius 2 is 1.36 bits per heavy atom. The maximum absolute atomic E-state index is 11.2. The highest BCUT2D eigenvalue weighted by molar-refractivity contribution is 5.89. The van der Waals surface area contributed by atoms with Gasteiger partial charge in [0.15, 0.2) is 0 Å². The van der Waals surface area contributed by atoms with Crippen molar-refractivity contribution in [3.8, 4) is 0 Å². The molecule has 2 N–H and O–H groups in total. The molecule has 128 valence electrons. The molecule has 4 heteroatoms. The molecule has 4 nitrogen and oxygen atoms in total. The summed E-state index contributed by atoms with van der Waals surface area (Å²) in [6.07, 6.45) is 18.6. The smallest absolute Gasteiger partial charge is 0.322 e. The van der Waals surface area contributed by atoms with Crippen LogP contribution in [0.1, 0.15) is 84.0 Å². The number of nitrogens with one attached hydrogen (secondary N) is 1. The Balaban J connectivity index is 3.22. The molecule has 0 saturated heterocycles. The summed E-state index contributed by atoms with van der Waals surface area (Å²) in [6, 6.07) is 0. The van der Waals surface area contributed by atoms with E-state index >= 15 is 0 Å². The molecule has 22 heavy (non-hydrogen) atoms. The van der Waals surface area contributed by atoms with E-state index < -0.39 is 5.97 Å². The molecule has 0 unspecified atom stereocenters. The van der Waals surface area contributed by atoms with Gasteiger partial charge in [-0.2, -0.15) is 0 Å². The first-order chi connectivity index (χ1) is 10.7. The molecule has 0 aliphatic rings. The topological polar surface area (TPSA) is 66.4 Å². The van der Waals surface area contributed by atoms with Crippen LogP contribution >= 0.6 is 0 Å². The SMILES string of the molecule is CCCCCCCCCCCCC/C=C/C(=O)NCC(=O)O. The predicted octanol–water partition coefficient (Wildman–Crippen LogP) is 4.44. The van der Waals surface area contributed by atoms with Gasteiger partial charge in [0.25, 0.3) is 0 Å². The molecule has 0 spiro atoms. The maximum atomic E-state index is 11.2. The van der Waals surface area contributed by atoms with Crippen LogP contribution in [0, 0.1) is 0 Å². The minimum absolute atomic E-state index is 0.318. The van der Waals surface area contributed by atoms with Crippen molar-refractivity contribution in [3.63, 3.8) is 0 Å². The molecule has 0 bridgehead atoms. The Morgan fingerprint density at radius 1 is 0.864 bits per heavy atom. The first kappa shape index (κ1) is 20.7. The minimum Gasteiger partial charge on any atom is -0.480 e. The van der Waals surface area contributed by atoms with Crippen molar-refractivity contribution in [2.24, 2.45) is 0 Å². The van der Waals surface area contributed by atoms with Crippen molar-refractivity contribution in [1.82, 2.24) is 5.32 Å². The van der Waals surface area contributed by atoms with Gasteiger partial charge in [0, 0.05) is 0 Å². The Labute approximate surface area is 135 Å². The van der Waals surface area contributed by atoms with Crippen molar-refractivity contribution in [2.45, 2.75) is 84.0 Å². The molecule has 0 saturated carbocycles. The summed E-state index contributed by atoms with van der Waals surface area (Å²) in [7, 11) is 0. The quantitative estimate of drug-likeness (QED) is 0.347. The zero-order valence-corrected chi connectivity index (χ0v) is 14.1. The molecule has 0 radical (unpaired) electrons. The van der Waals surface area contributed by atoms with E-state index in [2.05, 4.69) is 12.2 Å². The molecule has 0 aromatic rings. The molecule has 0 fully saturated rings. The Bertz CT molecular complexity index is 313. The van der Waals surface area contributed by atoms with Crippen LogP contribution < -0.4 is 5.32 Å². The lowest BCUT2D eigenvalue weighted by molar-refractivity contribution is -0.137. The van der Waals surface area contributed by atoms with Crippen molar-refractivity contribution in [1.29, 1.82) is 0 Å². The summed E-state index contributed by atoms with van der Waals surface area (Å²) in [5.41, 5.74) is 0. The highest BCUT2D eigenvalue weighted by atomic mass is 16.4. The van der Waals surface area contributed by atoms with Gasteiger partial charge in [-0.15, -0.1) is 0 Å². The summed E-state index contributed by atoms with van der Waals surface area (Å²) in [4.78, 5) is 21.4. The molecule has 0 rings (SSSR count). The molecule has 0 atom stereocenters. The van der Waals surface area contributed by atoms with E-state index in [1.54, 1.807) is 0 Å². The number of allylic oxidation sites excluding steroid dienone is 1. The van der Waals surface area contributed by atoms with Gasteiger partial charge in [-0.05, 0) is 18.9 Å². The van der Waals surface area contributed by atoms with Crippen molar-refractivity contribution in [3.05, 3.63) is 12.2 Å². The molecule has 0 heterocycles. The van der Waals surface area contributed by atoms with Crippen LogP contribution in [0.3, 0.4) is 0 Å². The van der Waals surface area contributed by atoms with Gasteiger partial charge >= 0.3 is 5.97 Å². The second-order valence-electron chi connectivity index (χ2n) is 5.84. The molecule has 0 aromatic heterocycles. The van der Waals surface area contributed by atoms with Crippen LogP contribution in [0.15, 0.2) is 12.2 Å². The molecular weight excluding hydrogens is 278 g/mol. The number of rotatable bonds is 15. The van der Waals surface area contributed by atoms with Crippen LogP contribution in [-0.4, -0.2) is 23.5 Å². The first-order valence-electron chi connectivity index (χ1n) is 8.83. The van der Waals surface area contributed by atoms with Crippen molar-refractivity contribution >= 4 is 11.9 Å². The number of hydrogen-bond donors (Lipinski definition) is 2. The third-order valence-corrected chi connectivity index (χ3v) is 3.66. The summed E-state index contributed by atoms with van der Waals surface area (Å²) >= 11 is 0. The third-order valence-electron chi connectivity index (χ3n) is 3.66. The largest absolute Gasteiger partial charge is 0.480 e. The summed E-state index contributed by atoms with van der Waals surface area (Å²) in [5.74, 6) is -1.35. The lowest BCUT2D eigenvalue weighted by atomic mass is 10.1. The number of unbranched alkanes of at least 4 members (excludes halogenated alkanes) is 11. The molecule has 0 aliphatic carbocycles. The number of aliphatic carboxylic acids is 1. The standard InChI is InChI=1S/C18H33NO3/c1-2-3-4-5-6-7-8-9-10-11-12-13-14-15-17(20)19-16-18(21)22/h14-15H,2-13,16H2,1H3,(H,19,20)(H,21,22)/b15-14+. The number of carbonyl (C=O) groups is 2. The van der Waals surface area contributed by atoms with Crippen molar-refractivity contribution < 1.29 is 14.7 Å². The number of carboxylic acids is 1. The van der Waals surface area contributed by atoms with Crippen LogP contribution in [0.5, 0.6) is 0 Å². The third kappa shape index (κ3) is 16.7. The van der Waals surface area contributed by atoms with Crippen LogP contribution in [-0.2, 0) is 9.59 Å². The highest BCUT2D eigenvalue weighted by Gasteiger charge is 1.98. The molecule has 0 aliphatic heterocycles. The maximum Gasteiger partial charge on any atom is 0.322 e. The zero-order valence-electron chi connectivity index (χ0n) is 14.1. The second kappa shape index (κ2) is 16.1. The Kier molecular flexibility index (Phi) is 15.1. The summed E-state index contributed by atoms with van der Waals surface area (Å²) in [5, 5.41) is 10.7. The number of carboxylic acid groups (broad SMARTS) is 1. The van der Waals surface area contributed by atoms with Gasteiger partial charge in [0.1, 0.15) is 6.54 Å². The average molecular weight is 311 g/mol. The zero-order chi connectivity index (χ0) is 16.5. The fourth-order valence-corrected chi connectivity index (χ4v) is 2.34. The number of carbonyl (C=O) groups excluding carboxylic acids is 1. The first-order valence-corrected chi connectivity index (χ1v) is 8.83. The Morgan fingerprint density at radius 3 is 1.86 bits per heavy atom. The molecule has 1 amide bonds. The number of hydrogen-bond acceptors (Lipinski definition) is 2. The van der Waals surface area contributed by atoms with E-state index in [4.69, 9.17) is 5.11 Å². The highest BCUT2D eigenvalue weighted by Crippen LogP contribution is 2.11. The van der Waals surface area contributed by atoms with E-state index in [1.807, 2.05) is 6.08 Å². The fourth-order valence-electron chi connectivity index (χ4n) is 2.34. The van der Waals surface area contributed by atoms with Crippen LogP contribution in [0.4, 0.5) is 0 Å². The molecular formula is C18H33NO3. The van der Waals surface area contributed by atoms with Gasteiger partial charge in [-0.3, -0.25) is 9.59 Å². The van der Waals surface area contributed by atoms with Crippen molar-refractivity contribution in [2.75, 3.05) is 6.54 Å². The average Bonchev–Trinajstić information content (AvgIpc) is 2.49. The van der Waals surface area contributed by atoms with E-state index in [1.165, 1.54) is 70.3 Å². The van der Waals surface area contributed by atoms with Gasteiger partial charge in [0.05, 0.1) is 0 Å². The summed E-state index contributed by atoms with van der Waals surface area (Å²) < 4.78 is 0. The van der Waals surface area contributed by atoms with Gasteiger partial charge in [0.2, 0.25) is 5.91 Å². The number of amides is 1. The Hall–Kier alpha value is -1.32. The van der Waals surface area contributed by atoms with Crippen LogP contribution in [0.25, 0.3) is 0 Å². The van der Waals surface area contributed by atoms with Gasteiger partial charge in [-0.1, -0.05) is 77.2 Å². The minimum atomic E-state index is -1.02.